The zero-order valence-electron chi connectivity index (χ0n) is 17.3. The second kappa shape index (κ2) is 9.60. The van der Waals surface area contributed by atoms with Gasteiger partial charge in [0.15, 0.2) is 0 Å². The third kappa shape index (κ3) is 4.57. The van der Waals surface area contributed by atoms with E-state index < -0.39 is 23.3 Å². The van der Waals surface area contributed by atoms with Crippen molar-refractivity contribution in [3.05, 3.63) is 84.6 Å². The maximum absolute atomic E-state index is 12.2. The van der Waals surface area contributed by atoms with E-state index in [4.69, 9.17) is 0 Å². The largest absolute Gasteiger partial charge is 0.480 e. The lowest BCUT2D eigenvalue weighted by atomic mass is 10.0. The average molecular weight is 467 g/mol. The Morgan fingerprint density at radius 1 is 1.03 bits per heavy atom. The molecule has 4 rings (SSSR count). The van der Waals surface area contributed by atoms with Crippen LogP contribution in [0.3, 0.4) is 0 Å². The number of H-pyrrole nitrogens is 1. The highest BCUT2D eigenvalue weighted by Gasteiger charge is 2.31. The lowest BCUT2D eigenvalue weighted by molar-refractivity contribution is -0.138. The van der Waals surface area contributed by atoms with Gasteiger partial charge >= 0.3 is 5.97 Å². The van der Waals surface area contributed by atoms with Crippen molar-refractivity contribution in [3.63, 3.8) is 0 Å². The number of aromatic amines is 1. The highest BCUT2D eigenvalue weighted by Crippen LogP contribution is 2.28. The average Bonchev–Trinajstić information content (AvgIpc) is 3.22. The maximum atomic E-state index is 12.2. The number of hydrogen-bond donors (Lipinski definition) is 3. The second-order valence-electron chi connectivity index (χ2n) is 7.25. The monoisotopic (exact) mass is 466 g/mol. The van der Waals surface area contributed by atoms with Gasteiger partial charge in [0, 0.05) is 28.4 Å². The second-order valence-corrected chi connectivity index (χ2v) is 8.98. The summed E-state index contributed by atoms with van der Waals surface area (Å²) in [7, 11) is 0. The topological polar surface area (TPSA) is 93.6 Å². The summed E-state index contributed by atoms with van der Waals surface area (Å²) in [4.78, 5) is 16.4. The molecule has 1 heterocycles. The van der Waals surface area contributed by atoms with Crippen LogP contribution in [0, 0.1) is 0 Å². The molecule has 0 spiro atoms. The number of nitrogens with zero attached hydrogens (tertiary/aromatic N) is 1. The fourth-order valence-electron chi connectivity index (χ4n) is 3.74. The first-order valence-electron chi connectivity index (χ1n) is 9.90. The molecule has 0 amide bonds. The van der Waals surface area contributed by atoms with Crippen LogP contribution in [0.5, 0.6) is 0 Å². The van der Waals surface area contributed by atoms with E-state index in [1.807, 2.05) is 66.9 Å². The number of para-hydroxylation sites is 1. The number of carboxylic acid groups (broad SMARTS) is 1. The molecule has 2 unspecified atom stereocenters. The number of carbonyl (C=O) groups is 1. The summed E-state index contributed by atoms with van der Waals surface area (Å²) in [5, 5.41) is 10.8. The van der Waals surface area contributed by atoms with Crippen LogP contribution >= 0.6 is 11.8 Å². The Kier molecular flexibility index (Phi) is 6.64. The number of benzene rings is 3. The number of hydrogen-bond acceptors (Lipinski definition) is 3. The highest BCUT2D eigenvalue weighted by molar-refractivity contribution is 7.98. The molecule has 0 saturated carbocycles. The number of fused-ring (bicyclic) bond motifs is 1. The predicted molar refractivity (Wildman–Crippen MR) is 130 cm³/mol. The molecule has 32 heavy (non-hydrogen) atoms. The molecule has 3 N–H and O–H groups in total. The normalized spacial score (nSPS) is 13.1. The highest BCUT2D eigenvalue weighted by atomic mass is 32.2. The third-order valence-electron chi connectivity index (χ3n) is 5.37. The SMILES string of the molecule is CSc1ccc(-c2ccc(N(C(Cc3c[nH]c4ccccc34)C(=O)O)S(=O)O)cc2)cc1. The molecule has 0 fully saturated rings. The molecule has 0 aliphatic carbocycles. The third-order valence-corrected chi connectivity index (χ3v) is 6.92. The molecular weight excluding hydrogens is 444 g/mol. The summed E-state index contributed by atoms with van der Waals surface area (Å²) in [6, 6.07) is 21.5. The molecule has 0 radical (unpaired) electrons. The van der Waals surface area contributed by atoms with E-state index in [9.17, 15) is 18.7 Å². The van der Waals surface area contributed by atoms with Gasteiger partial charge in [-0.25, -0.2) is 9.00 Å². The van der Waals surface area contributed by atoms with Crippen LogP contribution in [0.2, 0.25) is 0 Å². The van der Waals surface area contributed by atoms with Gasteiger partial charge in [-0.15, -0.1) is 11.8 Å². The molecule has 2 atom stereocenters. The van der Waals surface area contributed by atoms with Gasteiger partial charge in [0.25, 0.3) is 11.3 Å². The molecule has 4 aromatic rings. The van der Waals surface area contributed by atoms with Crippen molar-refractivity contribution < 1.29 is 18.7 Å². The molecule has 0 saturated heterocycles. The Bertz CT molecular complexity index is 1250. The molecular formula is C24H22N2O4S2. The number of thioether (sulfide) groups is 1. The maximum Gasteiger partial charge on any atom is 0.327 e. The molecule has 8 heteroatoms. The van der Waals surface area contributed by atoms with E-state index in [2.05, 4.69) is 4.98 Å². The van der Waals surface area contributed by atoms with Gasteiger partial charge in [0.1, 0.15) is 6.04 Å². The van der Waals surface area contributed by atoms with Crippen LogP contribution in [-0.4, -0.2) is 37.1 Å². The fourth-order valence-corrected chi connectivity index (χ4v) is 4.84. The van der Waals surface area contributed by atoms with Crippen molar-refractivity contribution in [1.29, 1.82) is 0 Å². The van der Waals surface area contributed by atoms with Crippen molar-refractivity contribution in [2.45, 2.75) is 17.4 Å². The van der Waals surface area contributed by atoms with Crippen LogP contribution in [0.1, 0.15) is 5.56 Å². The first-order valence-corrected chi connectivity index (χ1v) is 12.2. The minimum absolute atomic E-state index is 0.0730. The van der Waals surface area contributed by atoms with E-state index in [0.717, 1.165) is 36.8 Å². The Hall–Kier alpha value is -3.07. The van der Waals surface area contributed by atoms with Gasteiger partial charge in [-0.3, -0.25) is 8.86 Å². The summed E-state index contributed by atoms with van der Waals surface area (Å²) < 4.78 is 23.3. The molecule has 6 nitrogen and oxygen atoms in total. The van der Waals surface area contributed by atoms with Crippen molar-refractivity contribution in [2.75, 3.05) is 10.6 Å². The molecule has 3 aromatic carbocycles. The zero-order chi connectivity index (χ0) is 22.7. The van der Waals surface area contributed by atoms with Crippen molar-refractivity contribution in [1.82, 2.24) is 4.98 Å². The predicted octanol–water partition coefficient (Wildman–Crippen LogP) is 5.20. The summed E-state index contributed by atoms with van der Waals surface area (Å²) in [5.74, 6) is -1.17. The Morgan fingerprint density at radius 2 is 1.66 bits per heavy atom. The number of aromatic nitrogens is 1. The minimum atomic E-state index is -2.52. The first-order chi connectivity index (χ1) is 15.5. The zero-order valence-corrected chi connectivity index (χ0v) is 18.9. The quantitative estimate of drug-likeness (QED) is 0.245. The van der Waals surface area contributed by atoms with Crippen molar-refractivity contribution >= 4 is 45.6 Å². The Morgan fingerprint density at radius 3 is 2.25 bits per heavy atom. The van der Waals surface area contributed by atoms with E-state index in [-0.39, 0.29) is 6.42 Å². The van der Waals surface area contributed by atoms with E-state index >= 15 is 0 Å². The minimum Gasteiger partial charge on any atom is -0.480 e. The standard InChI is InChI=1S/C24H22N2O4S2/c1-31-20-12-8-17(9-13-20)16-6-10-19(11-7-16)26(32(29)30)23(24(27)28)14-18-15-25-22-5-3-2-4-21(18)22/h2-13,15,23,25H,14H2,1H3,(H,27,28)(H,29,30). The van der Waals surface area contributed by atoms with Crippen molar-refractivity contribution in [2.24, 2.45) is 0 Å². The number of carboxylic acids is 1. The Balaban J connectivity index is 1.64. The van der Waals surface area contributed by atoms with E-state index in [0.29, 0.717) is 5.69 Å². The molecule has 0 bridgehead atoms. The van der Waals surface area contributed by atoms with E-state index in [1.54, 1.807) is 30.1 Å². The molecule has 1 aromatic heterocycles. The van der Waals surface area contributed by atoms with Gasteiger partial charge in [0.05, 0.1) is 5.69 Å². The summed E-state index contributed by atoms with van der Waals surface area (Å²) in [5.41, 5.74) is 3.98. The van der Waals surface area contributed by atoms with Crippen LogP contribution < -0.4 is 4.31 Å². The number of nitrogens with one attached hydrogen (secondary N) is 1. The molecule has 164 valence electrons. The van der Waals surface area contributed by atoms with Crippen LogP contribution in [0.25, 0.3) is 22.0 Å². The Labute approximate surface area is 192 Å². The summed E-state index contributed by atoms with van der Waals surface area (Å²) in [6.07, 6.45) is 3.84. The first kappa shape index (κ1) is 22.1. The molecule has 0 aliphatic heterocycles. The number of aliphatic carboxylic acids is 1. The number of rotatable bonds is 8. The summed E-state index contributed by atoms with van der Waals surface area (Å²) in [6.45, 7) is 0. The van der Waals surface area contributed by atoms with Gasteiger partial charge in [-0.05, 0) is 53.3 Å². The lowest BCUT2D eigenvalue weighted by Gasteiger charge is -2.27. The van der Waals surface area contributed by atoms with Crippen molar-refractivity contribution in [3.8, 4) is 11.1 Å². The van der Waals surface area contributed by atoms with Gasteiger partial charge in [-0.2, -0.15) is 0 Å². The molecule has 0 aliphatic rings. The van der Waals surface area contributed by atoms with Gasteiger partial charge < -0.3 is 10.1 Å². The van der Waals surface area contributed by atoms with Crippen LogP contribution in [-0.2, 0) is 22.5 Å². The van der Waals surface area contributed by atoms with Gasteiger partial charge in [-0.1, -0.05) is 42.5 Å². The van der Waals surface area contributed by atoms with Crippen LogP contribution in [0.15, 0.2) is 83.9 Å². The van der Waals surface area contributed by atoms with E-state index in [1.165, 1.54) is 0 Å². The van der Waals surface area contributed by atoms with Crippen LogP contribution in [0.4, 0.5) is 5.69 Å². The number of anilines is 1. The lowest BCUT2D eigenvalue weighted by Crippen LogP contribution is -2.43. The van der Waals surface area contributed by atoms with Gasteiger partial charge in [0.2, 0.25) is 0 Å². The fraction of sp³-hybridized carbons (Fsp3) is 0.125. The summed E-state index contributed by atoms with van der Waals surface area (Å²) >= 11 is -0.852. The smallest absolute Gasteiger partial charge is 0.327 e.